The lowest BCUT2D eigenvalue weighted by atomic mass is 9.87. The van der Waals surface area contributed by atoms with E-state index in [9.17, 15) is 18.7 Å². The third kappa shape index (κ3) is 3.68. The molecule has 23 heavy (non-hydrogen) atoms. The minimum Gasteiger partial charge on any atom is -0.394 e. The summed E-state index contributed by atoms with van der Waals surface area (Å²) in [5.74, 6) is -1.62. The van der Waals surface area contributed by atoms with Gasteiger partial charge in [-0.05, 0) is 24.7 Å². The van der Waals surface area contributed by atoms with Crippen molar-refractivity contribution in [2.24, 2.45) is 17.8 Å². The Kier molecular flexibility index (Phi) is 4.93. The van der Waals surface area contributed by atoms with E-state index in [0.29, 0.717) is 32.1 Å². The van der Waals surface area contributed by atoms with Crippen molar-refractivity contribution >= 4 is 5.91 Å². The largest absolute Gasteiger partial charge is 0.394 e. The van der Waals surface area contributed by atoms with Gasteiger partial charge in [-0.3, -0.25) is 4.79 Å². The minimum atomic E-state index is -2.53. The molecule has 0 aromatic heterocycles. The number of halogens is 2. The van der Waals surface area contributed by atoms with Crippen molar-refractivity contribution < 1.29 is 18.7 Å². The molecule has 0 aromatic rings. The van der Waals surface area contributed by atoms with Crippen LogP contribution in [0.4, 0.5) is 8.78 Å². The summed E-state index contributed by atoms with van der Waals surface area (Å²) >= 11 is 0. The summed E-state index contributed by atoms with van der Waals surface area (Å²) in [6.07, 6.45) is 2.74. The van der Waals surface area contributed by atoms with Gasteiger partial charge in [-0.1, -0.05) is 13.3 Å². The highest BCUT2D eigenvalue weighted by atomic mass is 19.3. The quantitative estimate of drug-likeness (QED) is 0.838. The van der Waals surface area contributed by atoms with Gasteiger partial charge in [-0.15, -0.1) is 0 Å². The summed E-state index contributed by atoms with van der Waals surface area (Å²) in [6, 6.07) is -0.143. The van der Waals surface area contributed by atoms with Gasteiger partial charge in [-0.2, -0.15) is 0 Å². The first-order valence-corrected chi connectivity index (χ1v) is 8.96. The Morgan fingerprint density at radius 1 is 1.26 bits per heavy atom. The molecular formula is C17H28F2N2O2. The summed E-state index contributed by atoms with van der Waals surface area (Å²) in [6.45, 7) is 4.34. The first-order valence-electron chi connectivity index (χ1n) is 8.96. The molecule has 132 valence electrons. The van der Waals surface area contributed by atoms with Crippen molar-refractivity contribution in [2.75, 3.05) is 32.8 Å². The van der Waals surface area contributed by atoms with Crippen LogP contribution in [-0.4, -0.2) is 65.6 Å². The van der Waals surface area contributed by atoms with E-state index in [4.69, 9.17) is 0 Å². The third-order valence-corrected chi connectivity index (χ3v) is 5.91. The number of aliphatic hydroxyl groups excluding tert-OH is 1. The fourth-order valence-corrected chi connectivity index (χ4v) is 4.18. The van der Waals surface area contributed by atoms with Crippen molar-refractivity contribution in [3.63, 3.8) is 0 Å². The maximum atomic E-state index is 13.3. The van der Waals surface area contributed by atoms with E-state index in [1.807, 2.05) is 4.90 Å². The number of amides is 1. The van der Waals surface area contributed by atoms with Crippen LogP contribution in [0.1, 0.15) is 39.0 Å². The molecule has 1 amide bonds. The first kappa shape index (κ1) is 17.1. The van der Waals surface area contributed by atoms with E-state index in [2.05, 4.69) is 11.8 Å². The normalized spacial score (nSPS) is 34.8. The van der Waals surface area contributed by atoms with E-state index < -0.39 is 5.92 Å². The molecule has 6 heteroatoms. The van der Waals surface area contributed by atoms with Crippen LogP contribution >= 0.6 is 0 Å². The number of rotatable bonds is 5. The molecule has 2 aliphatic heterocycles. The van der Waals surface area contributed by atoms with E-state index in [0.717, 1.165) is 19.3 Å². The second-order valence-electron chi connectivity index (χ2n) is 7.50. The number of alkyl halides is 2. The SMILES string of the molecule is CC[C@@H]1CN(C(=O)C2CC2)[C@H](CO)[C@@H]1CN1CCC(F)(F)CC1. The predicted octanol–water partition coefficient (Wildman–Crippen LogP) is 1.97. The number of nitrogens with zero attached hydrogens (tertiary/aromatic N) is 2. The lowest BCUT2D eigenvalue weighted by Gasteiger charge is -2.36. The van der Waals surface area contributed by atoms with Crippen molar-refractivity contribution in [1.82, 2.24) is 9.80 Å². The van der Waals surface area contributed by atoms with Crippen molar-refractivity contribution in [3.05, 3.63) is 0 Å². The van der Waals surface area contributed by atoms with Crippen LogP contribution in [0.2, 0.25) is 0 Å². The number of hydrogen-bond acceptors (Lipinski definition) is 3. The van der Waals surface area contributed by atoms with Crippen molar-refractivity contribution in [1.29, 1.82) is 0 Å². The zero-order valence-corrected chi connectivity index (χ0v) is 13.9. The number of piperidine rings is 1. The van der Waals surface area contributed by atoms with Crippen LogP contribution in [0.5, 0.6) is 0 Å². The molecule has 0 aromatic carbocycles. The Morgan fingerprint density at radius 3 is 2.43 bits per heavy atom. The Balaban J connectivity index is 1.65. The molecule has 1 aliphatic carbocycles. The zero-order chi connectivity index (χ0) is 16.6. The second-order valence-corrected chi connectivity index (χ2v) is 7.50. The van der Waals surface area contributed by atoms with Gasteiger partial charge in [0.25, 0.3) is 5.92 Å². The Hall–Kier alpha value is -0.750. The maximum Gasteiger partial charge on any atom is 0.250 e. The molecule has 0 radical (unpaired) electrons. The molecule has 3 aliphatic rings. The van der Waals surface area contributed by atoms with Gasteiger partial charge in [0.1, 0.15) is 0 Å². The molecule has 2 heterocycles. The molecule has 0 bridgehead atoms. The van der Waals surface area contributed by atoms with Crippen molar-refractivity contribution in [2.45, 2.75) is 51.0 Å². The topological polar surface area (TPSA) is 43.8 Å². The van der Waals surface area contributed by atoms with Crippen LogP contribution in [0.3, 0.4) is 0 Å². The summed E-state index contributed by atoms with van der Waals surface area (Å²) < 4.78 is 26.6. The van der Waals surface area contributed by atoms with Gasteiger partial charge < -0.3 is 14.9 Å². The number of likely N-dealkylation sites (tertiary alicyclic amines) is 2. The molecular weight excluding hydrogens is 302 g/mol. The highest BCUT2D eigenvalue weighted by molar-refractivity contribution is 5.81. The van der Waals surface area contributed by atoms with Crippen LogP contribution in [0.15, 0.2) is 0 Å². The van der Waals surface area contributed by atoms with E-state index >= 15 is 0 Å². The Labute approximate surface area is 136 Å². The lowest BCUT2D eigenvalue weighted by molar-refractivity contribution is -0.134. The molecule has 2 saturated heterocycles. The standard InChI is InChI=1S/C17H28F2N2O2/c1-2-12-9-21(16(23)13-3-4-13)15(11-22)14(12)10-20-7-5-17(18,19)6-8-20/h12-15,22H,2-11H2,1H3/t12-,14-,15-/m1/s1. The monoisotopic (exact) mass is 330 g/mol. The van der Waals surface area contributed by atoms with E-state index in [1.54, 1.807) is 0 Å². The highest BCUT2D eigenvalue weighted by Crippen LogP contribution is 2.39. The van der Waals surface area contributed by atoms with Gasteiger partial charge in [0.05, 0.1) is 12.6 Å². The van der Waals surface area contributed by atoms with E-state index in [1.165, 1.54) is 0 Å². The maximum absolute atomic E-state index is 13.3. The van der Waals surface area contributed by atoms with Gasteiger partial charge in [0, 0.05) is 44.9 Å². The second kappa shape index (κ2) is 6.63. The summed E-state index contributed by atoms with van der Waals surface area (Å²) in [5.41, 5.74) is 0. The summed E-state index contributed by atoms with van der Waals surface area (Å²) in [5, 5.41) is 9.85. The minimum absolute atomic E-state index is 0.0242. The zero-order valence-electron chi connectivity index (χ0n) is 13.9. The number of aliphatic hydroxyl groups is 1. The van der Waals surface area contributed by atoms with Crippen LogP contribution in [0, 0.1) is 17.8 Å². The van der Waals surface area contributed by atoms with Gasteiger partial charge >= 0.3 is 0 Å². The molecule has 1 saturated carbocycles. The lowest BCUT2D eigenvalue weighted by Crippen LogP contribution is -2.47. The number of hydrogen-bond donors (Lipinski definition) is 1. The average Bonchev–Trinajstić information content (AvgIpc) is 3.31. The summed E-state index contributed by atoms with van der Waals surface area (Å²) in [4.78, 5) is 16.4. The van der Waals surface area contributed by atoms with E-state index in [-0.39, 0.29) is 43.2 Å². The molecule has 0 unspecified atom stereocenters. The highest BCUT2D eigenvalue weighted by Gasteiger charge is 2.47. The molecule has 0 spiro atoms. The van der Waals surface area contributed by atoms with Crippen LogP contribution < -0.4 is 0 Å². The van der Waals surface area contributed by atoms with Crippen molar-refractivity contribution in [3.8, 4) is 0 Å². The summed E-state index contributed by atoms with van der Waals surface area (Å²) in [7, 11) is 0. The Bertz CT molecular complexity index is 432. The van der Waals surface area contributed by atoms with Gasteiger partial charge in [0.2, 0.25) is 5.91 Å². The smallest absolute Gasteiger partial charge is 0.250 e. The molecule has 3 atom stereocenters. The first-order chi connectivity index (χ1) is 10.9. The third-order valence-electron chi connectivity index (χ3n) is 5.91. The van der Waals surface area contributed by atoms with Gasteiger partial charge in [-0.25, -0.2) is 8.78 Å². The molecule has 4 nitrogen and oxygen atoms in total. The van der Waals surface area contributed by atoms with Gasteiger partial charge in [0.15, 0.2) is 0 Å². The molecule has 3 rings (SSSR count). The van der Waals surface area contributed by atoms with Crippen LogP contribution in [0.25, 0.3) is 0 Å². The Morgan fingerprint density at radius 2 is 1.91 bits per heavy atom. The average molecular weight is 330 g/mol. The van der Waals surface area contributed by atoms with Crippen LogP contribution in [-0.2, 0) is 4.79 Å². The fraction of sp³-hybridized carbons (Fsp3) is 0.941. The molecule has 1 N–H and O–H groups in total. The number of carbonyl (C=O) groups excluding carboxylic acids is 1. The molecule has 3 fully saturated rings. The fourth-order valence-electron chi connectivity index (χ4n) is 4.18. The number of carbonyl (C=O) groups is 1. The predicted molar refractivity (Wildman–Crippen MR) is 83.2 cm³/mol.